The molecular weight excluding hydrogens is 410 g/mol. The van der Waals surface area contributed by atoms with Crippen LogP contribution in [0.2, 0.25) is 0 Å². The molecule has 4 rings (SSSR count). The number of benzene rings is 2. The van der Waals surface area contributed by atoms with Gasteiger partial charge in [0.25, 0.3) is 11.7 Å². The standard InChI is InChI=1S/C25H23NO6/c1-14-6-5-7-17(12-14)26-22(19-10-8-15(2)32-19)21(24(28)25(26)29)23(27)16-9-11-18(30-3)20(13-16)31-4/h5-13,22,27H,1-4H3/b23-21-. The smallest absolute Gasteiger partial charge is 0.300 e. The van der Waals surface area contributed by atoms with Gasteiger partial charge in [0.05, 0.1) is 19.8 Å². The summed E-state index contributed by atoms with van der Waals surface area (Å²) in [7, 11) is 2.98. The van der Waals surface area contributed by atoms with Crippen molar-refractivity contribution < 1.29 is 28.6 Å². The zero-order chi connectivity index (χ0) is 23.0. The first kappa shape index (κ1) is 21.2. The van der Waals surface area contributed by atoms with E-state index in [1.54, 1.807) is 43.3 Å². The number of aryl methyl sites for hydroxylation is 2. The van der Waals surface area contributed by atoms with Crippen molar-refractivity contribution in [2.75, 3.05) is 19.1 Å². The second kappa shape index (κ2) is 8.26. The summed E-state index contributed by atoms with van der Waals surface area (Å²) < 4.78 is 16.4. The van der Waals surface area contributed by atoms with E-state index in [9.17, 15) is 14.7 Å². The van der Waals surface area contributed by atoms with Crippen LogP contribution in [-0.4, -0.2) is 31.0 Å². The largest absolute Gasteiger partial charge is 0.507 e. The first-order chi connectivity index (χ1) is 15.3. The molecule has 0 aliphatic carbocycles. The molecule has 3 aromatic rings. The zero-order valence-electron chi connectivity index (χ0n) is 18.2. The summed E-state index contributed by atoms with van der Waals surface area (Å²) in [5, 5.41) is 11.2. The summed E-state index contributed by atoms with van der Waals surface area (Å²) in [4.78, 5) is 27.6. The average molecular weight is 433 g/mol. The van der Waals surface area contributed by atoms with Gasteiger partial charge in [-0.15, -0.1) is 0 Å². The highest BCUT2D eigenvalue weighted by Gasteiger charge is 2.48. The number of rotatable bonds is 5. The molecule has 1 saturated heterocycles. The number of anilines is 1. The number of amides is 1. The molecule has 1 unspecified atom stereocenters. The second-order valence-corrected chi connectivity index (χ2v) is 7.53. The van der Waals surface area contributed by atoms with Gasteiger partial charge in [0.1, 0.15) is 23.3 Å². The van der Waals surface area contributed by atoms with Crippen LogP contribution in [0.25, 0.3) is 5.76 Å². The minimum Gasteiger partial charge on any atom is -0.507 e. The molecule has 7 heteroatoms. The predicted octanol–water partition coefficient (Wildman–Crippen LogP) is 4.54. The van der Waals surface area contributed by atoms with Gasteiger partial charge >= 0.3 is 0 Å². The molecule has 7 nitrogen and oxygen atoms in total. The Morgan fingerprint density at radius 1 is 0.969 bits per heavy atom. The Morgan fingerprint density at radius 2 is 1.72 bits per heavy atom. The van der Waals surface area contributed by atoms with Crippen molar-refractivity contribution in [2.45, 2.75) is 19.9 Å². The van der Waals surface area contributed by atoms with E-state index >= 15 is 0 Å². The van der Waals surface area contributed by atoms with Crippen LogP contribution >= 0.6 is 0 Å². The van der Waals surface area contributed by atoms with Crippen molar-refractivity contribution in [1.29, 1.82) is 0 Å². The first-order valence-corrected chi connectivity index (χ1v) is 10.0. The maximum absolute atomic E-state index is 13.2. The minimum atomic E-state index is -0.918. The summed E-state index contributed by atoms with van der Waals surface area (Å²) in [5.41, 5.74) is 1.73. The van der Waals surface area contributed by atoms with Gasteiger partial charge in [-0.05, 0) is 61.9 Å². The number of carbonyl (C=O) groups excluding carboxylic acids is 2. The molecule has 1 aliphatic rings. The van der Waals surface area contributed by atoms with Gasteiger partial charge in [0, 0.05) is 11.3 Å². The van der Waals surface area contributed by atoms with Crippen LogP contribution in [0.1, 0.15) is 28.7 Å². The molecule has 0 radical (unpaired) electrons. The summed E-state index contributed by atoms with van der Waals surface area (Å²) in [5.74, 6) is 0.0107. The number of ether oxygens (including phenoxy) is 2. The van der Waals surface area contributed by atoms with Crippen molar-refractivity contribution in [3.05, 3.63) is 82.8 Å². The van der Waals surface area contributed by atoms with Crippen LogP contribution in [0.4, 0.5) is 5.69 Å². The van der Waals surface area contributed by atoms with E-state index in [2.05, 4.69) is 0 Å². The molecule has 1 fully saturated rings. The van der Waals surface area contributed by atoms with Crippen LogP contribution in [0, 0.1) is 13.8 Å². The molecular formula is C25H23NO6. The maximum atomic E-state index is 13.2. The summed E-state index contributed by atoms with van der Waals surface area (Å²) in [6.45, 7) is 3.67. The number of hydrogen-bond acceptors (Lipinski definition) is 6. The molecule has 2 heterocycles. The molecule has 0 spiro atoms. The van der Waals surface area contributed by atoms with Crippen LogP contribution < -0.4 is 14.4 Å². The highest BCUT2D eigenvalue weighted by atomic mass is 16.5. The van der Waals surface area contributed by atoms with Gasteiger partial charge in [-0.3, -0.25) is 14.5 Å². The van der Waals surface area contributed by atoms with Crippen molar-refractivity contribution in [3.63, 3.8) is 0 Å². The number of aliphatic hydroxyl groups is 1. The number of methoxy groups -OCH3 is 2. The van der Waals surface area contributed by atoms with E-state index in [0.717, 1.165) is 5.56 Å². The fourth-order valence-corrected chi connectivity index (χ4v) is 3.89. The fourth-order valence-electron chi connectivity index (χ4n) is 3.89. The van der Waals surface area contributed by atoms with E-state index < -0.39 is 17.7 Å². The lowest BCUT2D eigenvalue weighted by Crippen LogP contribution is -2.29. The Balaban J connectivity index is 1.93. The van der Waals surface area contributed by atoms with Crippen LogP contribution in [0.5, 0.6) is 11.5 Å². The topological polar surface area (TPSA) is 89.2 Å². The van der Waals surface area contributed by atoms with Crippen molar-refractivity contribution >= 4 is 23.1 Å². The maximum Gasteiger partial charge on any atom is 0.300 e. The second-order valence-electron chi connectivity index (χ2n) is 7.53. The predicted molar refractivity (Wildman–Crippen MR) is 119 cm³/mol. The molecule has 1 aromatic heterocycles. The van der Waals surface area contributed by atoms with Gasteiger partial charge in [-0.25, -0.2) is 0 Å². The first-order valence-electron chi connectivity index (χ1n) is 10.0. The Kier molecular flexibility index (Phi) is 5.48. The molecule has 1 atom stereocenters. The lowest BCUT2D eigenvalue weighted by molar-refractivity contribution is -0.132. The van der Waals surface area contributed by atoms with Gasteiger partial charge in [-0.2, -0.15) is 0 Å². The van der Waals surface area contributed by atoms with E-state index in [1.807, 2.05) is 25.1 Å². The number of nitrogens with zero attached hydrogens (tertiary/aromatic N) is 1. The number of aliphatic hydroxyl groups excluding tert-OH is 1. The van der Waals surface area contributed by atoms with E-state index in [-0.39, 0.29) is 11.3 Å². The number of carbonyl (C=O) groups is 2. The normalized spacial score (nSPS) is 17.6. The lowest BCUT2D eigenvalue weighted by Gasteiger charge is -2.23. The SMILES string of the molecule is COc1ccc(/C(O)=C2/C(=O)C(=O)N(c3cccc(C)c3)C2c2ccc(C)o2)cc1OC. The molecule has 0 bridgehead atoms. The van der Waals surface area contributed by atoms with Crippen LogP contribution in [0.3, 0.4) is 0 Å². The number of furan rings is 1. The van der Waals surface area contributed by atoms with Crippen molar-refractivity contribution in [1.82, 2.24) is 0 Å². The van der Waals surface area contributed by atoms with Crippen LogP contribution in [0.15, 0.2) is 64.6 Å². The summed E-state index contributed by atoms with van der Waals surface area (Å²) >= 11 is 0. The number of ketones is 1. The third kappa shape index (κ3) is 3.51. The van der Waals surface area contributed by atoms with Gasteiger partial charge < -0.3 is 19.0 Å². The Hall–Kier alpha value is -4.00. The van der Waals surface area contributed by atoms with Gasteiger partial charge in [-0.1, -0.05) is 12.1 Å². The minimum absolute atomic E-state index is 0.0573. The average Bonchev–Trinajstić information content (AvgIpc) is 3.33. The van der Waals surface area contributed by atoms with Crippen molar-refractivity contribution in [2.24, 2.45) is 0 Å². The van der Waals surface area contributed by atoms with Crippen molar-refractivity contribution in [3.8, 4) is 11.5 Å². The Morgan fingerprint density at radius 3 is 2.34 bits per heavy atom. The van der Waals surface area contributed by atoms with Gasteiger partial charge in [0.2, 0.25) is 0 Å². The highest BCUT2D eigenvalue weighted by Crippen LogP contribution is 2.43. The summed E-state index contributed by atoms with van der Waals surface area (Å²) in [6.07, 6.45) is 0. The highest BCUT2D eigenvalue weighted by molar-refractivity contribution is 6.51. The molecule has 164 valence electrons. The van der Waals surface area contributed by atoms with E-state index in [0.29, 0.717) is 34.3 Å². The number of hydrogen-bond donors (Lipinski definition) is 1. The molecule has 32 heavy (non-hydrogen) atoms. The van der Waals surface area contributed by atoms with E-state index in [4.69, 9.17) is 13.9 Å². The monoisotopic (exact) mass is 433 g/mol. The van der Waals surface area contributed by atoms with Gasteiger partial charge in [0.15, 0.2) is 11.5 Å². The lowest BCUT2D eigenvalue weighted by atomic mass is 9.99. The third-order valence-electron chi connectivity index (χ3n) is 5.41. The summed E-state index contributed by atoms with van der Waals surface area (Å²) in [6, 6.07) is 14.6. The van der Waals surface area contributed by atoms with Crippen LogP contribution in [-0.2, 0) is 9.59 Å². The molecule has 0 saturated carbocycles. The fraction of sp³-hybridized carbons (Fsp3) is 0.200. The quantitative estimate of drug-likeness (QED) is 0.361. The third-order valence-corrected chi connectivity index (χ3v) is 5.41. The zero-order valence-corrected chi connectivity index (χ0v) is 18.2. The Bertz CT molecular complexity index is 1240. The molecule has 2 aromatic carbocycles. The molecule has 1 amide bonds. The molecule has 1 aliphatic heterocycles. The number of Topliss-reactive ketones (excluding diaryl/α,β-unsaturated/α-hetero) is 1. The Labute approximate surface area is 185 Å². The van der Waals surface area contributed by atoms with E-state index in [1.165, 1.54) is 19.1 Å². The molecule has 1 N–H and O–H groups in total.